The standard InChI is InChI=1S/C7H10ClF2N/c1-6(8)4-11-3-2-7(9,10)5-11/h1-5H2. The summed E-state index contributed by atoms with van der Waals surface area (Å²) in [7, 11) is 0. The van der Waals surface area contributed by atoms with Crippen molar-refractivity contribution >= 4 is 11.6 Å². The second-order valence-corrected chi connectivity index (χ2v) is 3.37. The Kier molecular flexibility index (Phi) is 2.50. The Balaban J connectivity index is 2.36. The lowest BCUT2D eigenvalue weighted by Crippen LogP contribution is -2.26. The van der Waals surface area contributed by atoms with E-state index in [9.17, 15) is 8.78 Å². The van der Waals surface area contributed by atoms with Gasteiger partial charge in [-0.3, -0.25) is 4.90 Å². The van der Waals surface area contributed by atoms with Crippen molar-refractivity contribution in [1.29, 1.82) is 0 Å². The highest BCUT2D eigenvalue weighted by Gasteiger charge is 2.37. The van der Waals surface area contributed by atoms with Gasteiger partial charge in [-0.2, -0.15) is 0 Å². The first-order chi connectivity index (χ1) is 4.99. The van der Waals surface area contributed by atoms with Crippen molar-refractivity contribution in [2.24, 2.45) is 0 Å². The molecule has 1 saturated heterocycles. The van der Waals surface area contributed by atoms with Crippen LogP contribution in [-0.2, 0) is 0 Å². The highest BCUT2D eigenvalue weighted by atomic mass is 35.5. The Bertz CT molecular complexity index is 170. The zero-order valence-corrected chi connectivity index (χ0v) is 6.87. The SMILES string of the molecule is C=C(Cl)CN1CCC(F)(F)C1. The lowest BCUT2D eigenvalue weighted by atomic mass is 10.3. The minimum absolute atomic E-state index is 0.0584. The predicted octanol–water partition coefficient (Wildman–Crippen LogP) is 2.08. The second-order valence-electron chi connectivity index (χ2n) is 2.83. The number of hydrogen-bond donors (Lipinski definition) is 0. The molecule has 4 heteroatoms. The van der Waals surface area contributed by atoms with Gasteiger partial charge in [-0.25, -0.2) is 8.78 Å². The summed E-state index contributed by atoms with van der Waals surface area (Å²) in [5.74, 6) is -2.52. The molecule has 0 bridgehead atoms. The summed E-state index contributed by atoms with van der Waals surface area (Å²) >= 11 is 5.47. The summed E-state index contributed by atoms with van der Waals surface area (Å²) in [6, 6.07) is 0. The predicted molar refractivity (Wildman–Crippen MR) is 41.0 cm³/mol. The Morgan fingerprint density at radius 1 is 1.64 bits per heavy atom. The number of alkyl halides is 2. The van der Waals surface area contributed by atoms with Crippen LogP contribution in [-0.4, -0.2) is 30.5 Å². The molecule has 1 heterocycles. The maximum absolute atomic E-state index is 12.5. The van der Waals surface area contributed by atoms with E-state index in [0.29, 0.717) is 18.1 Å². The lowest BCUT2D eigenvalue weighted by Gasteiger charge is -2.13. The van der Waals surface area contributed by atoms with Crippen LogP contribution >= 0.6 is 11.6 Å². The fourth-order valence-corrected chi connectivity index (χ4v) is 1.35. The van der Waals surface area contributed by atoms with Crippen LogP contribution in [0, 0.1) is 0 Å². The molecular formula is C7H10ClF2N. The highest BCUT2D eigenvalue weighted by molar-refractivity contribution is 6.29. The molecule has 1 rings (SSSR count). The molecule has 0 N–H and O–H groups in total. The lowest BCUT2D eigenvalue weighted by molar-refractivity contribution is 0.0132. The first kappa shape index (κ1) is 8.94. The van der Waals surface area contributed by atoms with Gasteiger partial charge in [0.15, 0.2) is 0 Å². The minimum atomic E-state index is -2.52. The minimum Gasteiger partial charge on any atom is -0.292 e. The molecule has 0 spiro atoms. The molecule has 1 aliphatic heterocycles. The third-order valence-electron chi connectivity index (χ3n) is 1.64. The van der Waals surface area contributed by atoms with Crippen LogP contribution in [0.3, 0.4) is 0 Å². The van der Waals surface area contributed by atoms with Gasteiger partial charge in [0.2, 0.25) is 0 Å². The largest absolute Gasteiger partial charge is 0.292 e. The molecule has 0 radical (unpaired) electrons. The van der Waals surface area contributed by atoms with E-state index in [1.807, 2.05) is 0 Å². The molecule has 64 valence electrons. The average molecular weight is 182 g/mol. The molecule has 0 aromatic heterocycles. The quantitative estimate of drug-likeness (QED) is 0.631. The van der Waals surface area contributed by atoms with E-state index in [2.05, 4.69) is 6.58 Å². The smallest absolute Gasteiger partial charge is 0.261 e. The summed E-state index contributed by atoms with van der Waals surface area (Å²) in [5.41, 5.74) is 0. The summed E-state index contributed by atoms with van der Waals surface area (Å²) in [5, 5.41) is 0.419. The molecule has 0 aromatic rings. The van der Waals surface area contributed by atoms with Gasteiger partial charge in [0.25, 0.3) is 5.92 Å². The fourth-order valence-electron chi connectivity index (χ4n) is 1.18. The van der Waals surface area contributed by atoms with Gasteiger partial charge in [-0.05, 0) is 0 Å². The third kappa shape index (κ3) is 2.75. The third-order valence-corrected chi connectivity index (χ3v) is 1.76. The van der Waals surface area contributed by atoms with Crippen molar-refractivity contribution < 1.29 is 8.78 Å². The topological polar surface area (TPSA) is 3.24 Å². The molecule has 1 aliphatic rings. The molecule has 0 saturated carbocycles. The zero-order chi connectivity index (χ0) is 8.48. The van der Waals surface area contributed by atoms with Crippen LogP contribution in [0.25, 0.3) is 0 Å². The number of hydrogen-bond acceptors (Lipinski definition) is 1. The normalized spacial score (nSPS) is 23.9. The van der Waals surface area contributed by atoms with Crippen molar-refractivity contribution in [1.82, 2.24) is 4.90 Å². The Morgan fingerprint density at radius 3 is 2.64 bits per heavy atom. The van der Waals surface area contributed by atoms with Crippen LogP contribution in [0.2, 0.25) is 0 Å². The van der Waals surface area contributed by atoms with Gasteiger partial charge in [-0.15, -0.1) is 0 Å². The fraction of sp³-hybridized carbons (Fsp3) is 0.714. The number of nitrogens with zero attached hydrogens (tertiary/aromatic N) is 1. The van der Waals surface area contributed by atoms with E-state index in [0.717, 1.165) is 0 Å². The summed E-state index contributed by atoms with van der Waals surface area (Å²) in [4.78, 5) is 1.61. The molecule has 0 unspecified atom stereocenters. The molecule has 0 aromatic carbocycles. The number of halogens is 3. The van der Waals surface area contributed by atoms with Crippen LogP contribution in [0.5, 0.6) is 0 Å². The van der Waals surface area contributed by atoms with Crippen molar-refractivity contribution in [3.8, 4) is 0 Å². The van der Waals surface area contributed by atoms with Crippen molar-refractivity contribution in [3.63, 3.8) is 0 Å². The van der Waals surface area contributed by atoms with E-state index in [1.54, 1.807) is 4.90 Å². The second kappa shape index (κ2) is 3.07. The van der Waals surface area contributed by atoms with Crippen molar-refractivity contribution in [2.75, 3.05) is 19.6 Å². The van der Waals surface area contributed by atoms with Crippen LogP contribution in [0.4, 0.5) is 8.78 Å². The average Bonchev–Trinajstić information content (AvgIpc) is 2.08. The van der Waals surface area contributed by atoms with Gasteiger partial charge in [-0.1, -0.05) is 18.2 Å². The molecular weight excluding hydrogens is 172 g/mol. The van der Waals surface area contributed by atoms with Gasteiger partial charge in [0.05, 0.1) is 6.54 Å². The van der Waals surface area contributed by atoms with Gasteiger partial charge in [0, 0.05) is 24.5 Å². The van der Waals surface area contributed by atoms with E-state index in [-0.39, 0.29) is 13.0 Å². The van der Waals surface area contributed by atoms with Gasteiger partial charge < -0.3 is 0 Å². The highest BCUT2D eigenvalue weighted by Crippen LogP contribution is 2.27. The van der Waals surface area contributed by atoms with Gasteiger partial charge >= 0.3 is 0 Å². The van der Waals surface area contributed by atoms with E-state index in [4.69, 9.17) is 11.6 Å². The van der Waals surface area contributed by atoms with Gasteiger partial charge in [0.1, 0.15) is 0 Å². The van der Waals surface area contributed by atoms with E-state index >= 15 is 0 Å². The van der Waals surface area contributed by atoms with Crippen LogP contribution in [0.1, 0.15) is 6.42 Å². The van der Waals surface area contributed by atoms with Crippen molar-refractivity contribution in [3.05, 3.63) is 11.6 Å². The first-order valence-corrected chi connectivity index (χ1v) is 3.81. The first-order valence-electron chi connectivity index (χ1n) is 3.43. The maximum Gasteiger partial charge on any atom is 0.261 e. The Morgan fingerprint density at radius 2 is 2.27 bits per heavy atom. The van der Waals surface area contributed by atoms with Crippen molar-refractivity contribution in [2.45, 2.75) is 12.3 Å². The molecule has 0 aliphatic carbocycles. The molecule has 11 heavy (non-hydrogen) atoms. The summed E-state index contributed by atoms with van der Waals surface area (Å²) < 4.78 is 25.1. The molecule has 1 nitrogen and oxygen atoms in total. The molecule has 1 fully saturated rings. The molecule has 0 atom stereocenters. The zero-order valence-electron chi connectivity index (χ0n) is 6.12. The van der Waals surface area contributed by atoms with E-state index < -0.39 is 5.92 Å². The Hall–Kier alpha value is -0.150. The molecule has 0 amide bonds. The summed E-state index contributed by atoms with van der Waals surface area (Å²) in [6.07, 6.45) is -0.0584. The monoisotopic (exact) mass is 181 g/mol. The van der Waals surface area contributed by atoms with E-state index in [1.165, 1.54) is 0 Å². The number of rotatable bonds is 2. The van der Waals surface area contributed by atoms with Crippen LogP contribution < -0.4 is 0 Å². The maximum atomic E-state index is 12.5. The van der Waals surface area contributed by atoms with Crippen LogP contribution in [0.15, 0.2) is 11.6 Å². The Labute approximate surface area is 69.6 Å². The number of likely N-dealkylation sites (tertiary alicyclic amines) is 1. The summed E-state index contributed by atoms with van der Waals surface area (Å²) in [6.45, 7) is 4.05.